The van der Waals surface area contributed by atoms with Crippen LogP contribution in [0.2, 0.25) is 5.02 Å². The molecule has 1 amide bonds. The van der Waals surface area contributed by atoms with Crippen molar-refractivity contribution in [3.8, 4) is 18.1 Å². The first kappa shape index (κ1) is 16.8. The van der Waals surface area contributed by atoms with Crippen LogP contribution in [0.15, 0.2) is 23.5 Å². The van der Waals surface area contributed by atoms with E-state index >= 15 is 0 Å². The van der Waals surface area contributed by atoms with Crippen molar-refractivity contribution < 1.29 is 18.7 Å². The highest BCUT2D eigenvalue weighted by Gasteiger charge is 2.37. The molecular weight excluding hydrogens is 323 g/mol. The molecule has 7 heteroatoms. The second-order valence-corrected chi connectivity index (χ2v) is 5.45. The van der Waals surface area contributed by atoms with Gasteiger partial charge in [0.2, 0.25) is 0 Å². The number of hydrogen-bond donors (Lipinski definition) is 1. The quantitative estimate of drug-likeness (QED) is 0.845. The van der Waals surface area contributed by atoms with Gasteiger partial charge in [0.1, 0.15) is 11.6 Å². The number of anilines is 1. The molecule has 1 unspecified atom stereocenters. The van der Waals surface area contributed by atoms with Gasteiger partial charge in [-0.2, -0.15) is 0 Å². The van der Waals surface area contributed by atoms with Gasteiger partial charge in [0.15, 0.2) is 17.7 Å². The van der Waals surface area contributed by atoms with Gasteiger partial charge in [-0.15, -0.1) is 6.42 Å². The van der Waals surface area contributed by atoms with Gasteiger partial charge >= 0.3 is 6.09 Å². The topological polar surface area (TPSA) is 62.6 Å². The van der Waals surface area contributed by atoms with Crippen LogP contribution in [0.5, 0.6) is 5.75 Å². The molecule has 0 aromatic heterocycles. The lowest BCUT2D eigenvalue weighted by Gasteiger charge is -2.17. The molecule has 5 nitrogen and oxygen atoms in total. The number of amidine groups is 1. The highest BCUT2D eigenvalue weighted by molar-refractivity contribution is 6.32. The van der Waals surface area contributed by atoms with Gasteiger partial charge in [-0.05, 0) is 32.4 Å². The van der Waals surface area contributed by atoms with E-state index in [1.807, 2.05) is 0 Å². The lowest BCUT2D eigenvalue weighted by atomic mass is 10.2. The Morgan fingerprint density at radius 2 is 2.17 bits per heavy atom. The Kier molecular flexibility index (Phi) is 4.62. The lowest BCUT2D eigenvalue weighted by molar-refractivity contribution is 0.198. The van der Waals surface area contributed by atoms with Gasteiger partial charge in [0.05, 0.1) is 10.7 Å². The summed E-state index contributed by atoms with van der Waals surface area (Å²) in [6.45, 7) is 4.98. The fourth-order valence-corrected chi connectivity index (χ4v) is 2.13. The predicted molar refractivity (Wildman–Crippen MR) is 85.4 cm³/mol. The number of benzene rings is 1. The van der Waals surface area contributed by atoms with E-state index in [2.05, 4.69) is 5.92 Å². The van der Waals surface area contributed by atoms with Gasteiger partial charge in [-0.3, -0.25) is 5.41 Å². The molecule has 1 aliphatic heterocycles. The van der Waals surface area contributed by atoms with E-state index in [9.17, 15) is 9.18 Å². The number of halogens is 2. The number of carbonyl (C=O) groups excluding carboxylic acids is 1. The second kappa shape index (κ2) is 6.31. The van der Waals surface area contributed by atoms with Crippen molar-refractivity contribution >= 4 is 29.2 Å². The molecular formula is C16H14ClFN2O3. The summed E-state index contributed by atoms with van der Waals surface area (Å²) in [7, 11) is 0. The minimum absolute atomic E-state index is 0.00915. The van der Waals surface area contributed by atoms with Crippen LogP contribution in [0.25, 0.3) is 0 Å². The first-order valence-corrected chi connectivity index (χ1v) is 7.04. The molecule has 1 fully saturated rings. The summed E-state index contributed by atoms with van der Waals surface area (Å²) in [6, 6.07) is 2.21. The van der Waals surface area contributed by atoms with Crippen molar-refractivity contribution in [3.63, 3.8) is 0 Å². The van der Waals surface area contributed by atoms with E-state index in [-0.39, 0.29) is 28.1 Å². The van der Waals surface area contributed by atoms with Crippen LogP contribution in [0.3, 0.4) is 0 Å². The van der Waals surface area contributed by atoms with E-state index in [0.717, 1.165) is 11.0 Å². The van der Waals surface area contributed by atoms with Gasteiger partial charge in [-0.25, -0.2) is 14.1 Å². The lowest BCUT2D eigenvalue weighted by Crippen LogP contribution is -2.29. The second-order valence-electron chi connectivity index (χ2n) is 5.04. The van der Waals surface area contributed by atoms with E-state index in [4.69, 9.17) is 32.9 Å². The number of carbonyl (C=O) groups is 1. The minimum Gasteiger partial charge on any atom is -0.476 e. The van der Waals surface area contributed by atoms with Crippen LogP contribution < -0.4 is 9.64 Å². The standard InChI is InChI=1S/C16H14ClFN2O3/c1-5-9(4)22-13-7-12(11(18)6-10(13)17)20-15(19)14(8(2)3)23-16(20)21/h1,6-7,9,19H,2-4H3. The maximum absolute atomic E-state index is 14.2. The van der Waals surface area contributed by atoms with Crippen LogP contribution in [0.4, 0.5) is 14.9 Å². The van der Waals surface area contributed by atoms with Crippen molar-refractivity contribution in [1.29, 1.82) is 5.41 Å². The molecule has 1 heterocycles. The highest BCUT2D eigenvalue weighted by Crippen LogP contribution is 2.36. The zero-order valence-electron chi connectivity index (χ0n) is 12.7. The number of terminal acetylenes is 1. The highest BCUT2D eigenvalue weighted by atomic mass is 35.5. The third kappa shape index (κ3) is 3.15. The fraction of sp³-hybridized carbons (Fsp3) is 0.250. The van der Waals surface area contributed by atoms with Crippen molar-refractivity contribution in [2.75, 3.05) is 4.90 Å². The smallest absolute Gasteiger partial charge is 0.425 e. The number of hydrogen-bond acceptors (Lipinski definition) is 4. The number of nitrogens with one attached hydrogen (secondary N) is 1. The zero-order chi connectivity index (χ0) is 17.3. The van der Waals surface area contributed by atoms with Crippen LogP contribution in [0.1, 0.15) is 20.8 Å². The van der Waals surface area contributed by atoms with Crippen molar-refractivity contribution in [2.45, 2.75) is 26.9 Å². The minimum atomic E-state index is -0.872. The summed E-state index contributed by atoms with van der Waals surface area (Å²) < 4.78 is 24.6. The summed E-state index contributed by atoms with van der Waals surface area (Å²) in [5.41, 5.74) is 0.428. The average Bonchev–Trinajstić information content (AvgIpc) is 2.77. The third-order valence-electron chi connectivity index (χ3n) is 3.05. The molecule has 1 aromatic rings. The Morgan fingerprint density at radius 1 is 1.52 bits per heavy atom. The zero-order valence-corrected chi connectivity index (χ0v) is 13.5. The van der Waals surface area contributed by atoms with Gasteiger partial charge < -0.3 is 9.47 Å². The van der Waals surface area contributed by atoms with Crippen LogP contribution in [-0.2, 0) is 4.74 Å². The Balaban J connectivity index is 2.50. The summed E-state index contributed by atoms with van der Waals surface area (Å²) >= 11 is 5.93. The molecule has 120 valence electrons. The van der Waals surface area contributed by atoms with E-state index in [1.165, 1.54) is 6.07 Å². The molecule has 0 aliphatic carbocycles. The maximum Gasteiger partial charge on any atom is 0.425 e. The Morgan fingerprint density at radius 3 is 2.70 bits per heavy atom. The number of ether oxygens (including phenoxy) is 2. The van der Waals surface area contributed by atoms with E-state index < -0.39 is 18.0 Å². The number of cyclic esters (lactones) is 1. The van der Waals surface area contributed by atoms with Crippen molar-refractivity contribution in [3.05, 3.63) is 34.3 Å². The summed E-state index contributed by atoms with van der Waals surface area (Å²) in [6.07, 6.45) is 3.77. The van der Waals surface area contributed by atoms with Crippen LogP contribution in [0, 0.1) is 23.6 Å². The molecule has 0 saturated carbocycles. The van der Waals surface area contributed by atoms with Gasteiger partial charge in [-0.1, -0.05) is 17.5 Å². The Labute approximate surface area is 138 Å². The molecule has 1 aromatic carbocycles. The predicted octanol–water partition coefficient (Wildman–Crippen LogP) is 4.11. The molecule has 1 atom stereocenters. The molecule has 0 spiro atoms. The average molecular weight is 337 g/mol. The summed E-state index contributed by atoms with van der Waals surface area (Å²) in [4.78, 5) is 12.8. The van der Waals surface area contributed by atoms with Crippen LogP contribution >= 0.6 is 11.6 Å². The van der Waals surface area contributed by atoms with Gasteiger partial charge in [0, 0.05) is 6.07 Å². The normalized spacial score (nSPS) is 15.3. The molecule has 0 bridgehead atoms. The molecule has 1 aliphatic rings. The fourth-order valence-electron chi connectivity index (χ4n) is 1.94. The molecule has 0 radical (unpaired) electrons. The van der Waals surface area contributed by atoms with Crippen molar-refractivity contribution in [1.82, 2.24) is 0 Å². The van der Waals surface area contributed by atoms with Crippen molar-refractivity contribution in [2.24, 2.45) is 0 Å². The van der Waals surface area contributed by atoms with Crippen LogP contribution in [-0.4, -0.2) is 18.0 Å². The molecule has 23 heavy (non-hydrogen) atoms. The largest absolute Gasteiger partial charge is 0.476 e. The number of rotatable bonds is 3. The first-order valence-electron chi connectivity index (χ1n) is 6.66. The van der Waals surface area contributed by atoms with E-state index in [0.29, 0.717) is 5.57 Å². The number of amides is 1. The summed E-state index contributed by atoms with van der Waals surface area (Å²) in [5.74, 6) is 1.51. The molecule has 1 saturated heterocycles. The SMILES string of the molecule is C#CC(C)Oc1cc(N2C(=N)C(=C(C)C)OC2=O)c(F)cc1Cl. The summed E-state index contributed by atoms with van der Waals surface area (Å²) in [5, 5.41) is 8.02. The molecule has 1 N–H and O–H groups in total. The third-order valence-corrected chi connectivity index (χ3v) is 3.34. The number of allylic oxidation sites excluding steroid dienone is 1. The van der Waals surface area contributed by atoms with E-state index in [1.54, 1.807) is 20.8 Å². The Hall–Kier alpha value is -2.52. The van der Waals surface area contributed by atoms with Gasteiger partial charge in [0.25, 0.3) is 0 Å². The first-order chi connectivity index (χ1) is 10.8. The number of nitrogens with zero attached hydrogens (tertiary/aromatic N) is 1. The molecule has 2 rings (SSSR count). The Bertz CT molecular complexity index is 763. The maximum atomic E-state index is 14.2. The monoisotopic (exact) mass is 336 g/mol.